The Kier molecular flexibility index (Phi) is 4.63. The SMILES string of the molecule is CC(C)c1cc(C(=O)N2CCO[C@@H](c3cccc(N)n3)C2)cs1. The number of nitrogens with two attached hydrogens (primary N) is 1. The standard InChI is InChI=1S/C17H21N3O2S/c1-11(2)15-8-12(10-23-15)17(21)20-6-7-22-14(9-20)13-4-3-5-16(18)19-13/h3-5,8,10-11,14H,6-7,9H2,1-2H3,(H2,18,19)/t14-/m1/s1. The largest absolute Gasteiger partial charge is 0.384 e. The molecule has 0 aromatic carbocycles. The van der Waals surface area contributed by atoms with Crippen molar-refractivity contribution in [3.63, 3.8) is 0 Å². The van der Waals surface area contributed by atoms with Crippen LogP contribution in [0.2, 0.25) is 0 Å². The van der Waals surface area contributed by atoms with Crippen LogP contribution >= 0.6 is 11.3 Å². The summed E-state index contributed by atoms with van der Waals surface area (Å²) in [6, 6.07) is 7.49. The monoisotopic (exact) mass is 331 g/mol. The minimum Gasteiger partial charge on any atom is -0.384 e. The normalized spacial score (nSPS) is 18.4. The zero-order chi connectivity index (χ0) is 16.4. The number of nitrogen functional groups attached to an aromatic ring is 1. The van der Waals surface area contributed by atoms with Crippen LogP contribution in [-0.2, 0) is 4.74 Å². The molecule has 5 nitrogen and oxygen atoms in total. The Labute approximate surface area is 140 Å². The van der Waals surface area contributed by atoms with Gasteiger partial charge in [-0.2, -0.15) is 0 Å². The highest BCUT2D eigenvalue weighted by Crippen LogP contribution is 2.26. The maximum atomic E-state index is 12.7. The van der Waals surface area contributed by atoms with Crippen molar-refractivity contribution in [2.75, 3.05) is 25.4 Å². The smallest absolute Gasteiger partial charge is 0.254 e. The number of aromatic nitrogens is 1. The summed E-state index contributed by atoms with van der Waals surface area (Å²) in [7, 11) is 0. The lowest BCUT2D eigenvalue weighted by Crippen LogP contribution is -2.42. The van der Waals surface area contributed by atoms with Crippen LogP contribution in [0.4, 0.5) is 5.82 Å². The number of carbonyl (C=O) groups is 1. The average Bonchev–Trinajstić information content (AvgIpc) is 3.04. The quantitative estimate of drug-likeness (QED) is 0.938. The van der Waals surface area contributed by atoms with Gasteiger partial charge in [0, 0.05) is 16.8 Å². The highest BCUT2D eigenvalue weighted by atomic mass is 32.1. The number of thiophene rings is 1. The molecule has 3 rings (SSSR count). The van der Waals surface area contributed by atoms with Gasteiger partial charge in [-0.25, -0.2) is 4.98 Å². The third kappa shape index (κ3) is 3.54. The minimum absolute atomic E-state index is 0.0605. The van der Waals surface area contributed by atoms with Crippen LogP contribution < -0.4 is 5.73 Å². The fourth-order valence-electron chi connectivity index (χ4n) is 2.61. The highest BCUT2D eigenvalue weighted by molar-refractivity contribution is 7.10. The molecule has 2 aromatic rings. The molecule has 1 atom stereocenters. The average molecular weight is 331 g/mol. The zero-order valence-corrected chi connectivity index (χ0v) is 14.2. The topological polar surface area (TPSA) is 68.5 Å². The van der Waals surface area contributed by atoms with Crippen LogP contribution in [0.15, 0.2) is 29.6 Å². The van der Waals surface area contributed by atoms with E-state index in [0.717, 1.165) is 11.3 Å². The van der Waals surface area contributed by atoms with E-state index in [9.17, 15) is 4.79 Å². The number of anilines is 1. The molecule has 1 amide bonds. The summed E-state index contributed by atoms with van der Waals surface area (Å²) >= 11 is 1.64. The van der Waals surface area contributed by atoms with Crippen LogP contribution in [0.3, 0.4) is 0 Å². The van der Waals surface area contributed by atoms with Crippen molar-refractivity contribution in [1.29, 1.82) is 0 Å². The van der Waals surface area contributed by atoms with Crippen molar-refractivity contribution >= 4 is 23.1 Å². The van der Waals surface area contributed by atoms with E-state index < -0.39 is 0 Å². The van der Waals surface area contributed by atoms with Crippen molar-refractivity contribution in [1.82, 2.24) is 9.88 Å². The summed E-state index contributed by atoms with van der Waals surface area (Å²) < 4.78 is 5.77. The third-order valence-electron chi connectivity index (χ3n) is 3.91. The molecule has 0 bridgehead atoms. The lowest BCUT2D eigenvalue weighted by atomic mass is 10.1. The van der Waals surface area contributed by atoms with Gasteiger partial charge in [0.25, 0.3) is 5.91 Å². The summed E-state index contributed by atoms with van der Waals surface area (Å²) in [5.74, 6) is 0.967. The van der Waals surface area contributed by atoms with E-state index in [1.54, 1.807) is 17.4 Å². The molecule has 1 fully saturated rings. The van der Waals surface area contributed by atoms with Gasteiger partial charge >= 0.3 is 0 Å². The number of rotatable bonds is 3. The summed E-state index contributed by atoms with van der Waals surface area (Å²) in [6.45, 7) is 5.88. The van der Waals surface area contributed by atoms with Crippen molar-refractivity contribution in [2.24, 2.45) is 0 Å². The van der Waals surface area contributed by atoms with E-state index in [-0.39, 0.29) is 12.0 Å². The number of nitrogens with zero attached hydrogens (tertiary/aromatic N) is 2. The summed E-state index contributed by atoms with van der Waals surface area (Å²) in [4.78, 5) is 20.1. The van der Waals surface area contributed by atoms with Crippen molar-refractivity contribution in [3.05, 3.63) is 45.8 Å². The molecular formula is C17H21N3O2S. The highest BCUT2D eigenvalue weighted by Gasteiger charge is 2.27. The Morgan fingerprint density at radius 3 is 3.00 bits per heavy atom. The number of carbonyl (C=O) groups excluding carboxylic acids is 1. The Hall–Kier alpha value is -1.92. The molecule has 1 aliphatic rings. The summed E-state index contributed by atoms with van der Waals surface area (Å²) in [5.41, 5.74) is 7.27. The van der Waals surface area contributed by atoms with E-state index >= 15 is 0 Å². The Bertz CT molecular complexity index is 699. The Morgan fingerprint density at radius 1 is 1.48 bits per heavy atom. The molecule has 0 radical (unpaired) electrons. The fraction of sp³-hybridized carbons (Fsp3) is 0.412. The molecule has 1 aliphatic heterocycles. The minimum atomic E-state index is -0.223. The lowest BCUT2D eigenvalue weighted by molar-refractivity contribution is -0.0246. The van der Waals surface area contributed by atoms with E-state index in [2.05, 4.69) is 18.8 Å². The molecular weight excluding hydrogens is 310 g/mol. The molecule has 23 heavy (non-hydrogen) atoms. The summed E-state index contributed by atoms with van der Waals surface area (Å²) in [5, 5.41) is 1.95. The molecule has 0 spiro atoms. The van der Waals surface area contributed by atoms with Gasteiger partial charge in [0.15, 0.2) is 0 Å². The van der Waals surface area contributed by atoms with E-state index in [4.69, 9.17) is 10.5 Å². The van der Waals surface area contributed by atoms with E-state index in [0.29, 0.717) is 31.4 Å². The van der Waals surface area contributed by atoms with E-state index in [1.165, 1.54) is 4.88 Å². The van der Waals surface area contributed by atoms with Gasteiger partial charge in [0.2, 0.25) is 0 Å². The number of pyridine rings is 1. The molecule has 2 aromatic heterocycles. The predicted molar refractivity (Wildman–Crippen MR) is 91.7 cm³/mol. The molecule has 0 aliphatic carbocycles. The van der Waals surface area contributed by atoms with Gasteiger partial charge in [-0.15, -0.1) is 11.3 Å². The van der Waals surface area contributed by atoms with Crippen LogP contribution in [0, 0.1) is 0 Å². The van der Waals surface area contributed by atoms with Crippen molar-refractivity contribution < 1.29 is 9.53 Å². The molecule has 2 N–H and O–H groups in total. The first-order chi connectivity index (χ1) is 11.0. The second-order valence-corrected chi connectivity index (χ2v) is 6.93. The van der Waals surface area contributed by atoms with Gasteiger partial charge in [-0.1, -0.05) is 19.9 Å². The molecule has 0 saturated carbocycles. The molecule has 122 valence electrons. The fourth-order valence-corrected chi connectivity index (χ4v) is 3.51. The van der Waals surface area contributed by atoms with Gasteiger partial charge < -0.3 is 15.4 Å². The second-order valence-electron chi connectivity index (χ2n) is 5.99. The predicted octanol–water partition coefficient (Wildman–Crippen LogP) is 3.06. The maximum absolute atomic E-state index is 12.7. The third-order valence-corrected chi connectivity index (χ3v) is 5.14. The van der Waals surface area contributed by atoms with Gasteiger partial charge in [0.1, 0.15) is 11.9 Å². The van der Waals surface area contributed by atoms with Crippen LogP contribution in [0.1, 0.15) is 46.8 Å². The van der Waals surface area contributed by atoms with Crippen LogP contribution in [-0.4, -0.2) is 35.5 Å². The van der Waals surface area contributed by atoms with E-state index in [1.807, 2.05) is 28.5 Å². The molecule has 1 saturated heterocycles. The van der Waals surface area contributed by atoms with Crippen LogP contribution in [0.25, 0.3) is 0 Å². The van der Waals surface area contributed by atoms with Gasteiger partial charge in [-0.3, -0.25) is 4.79 Å². The number of hydrogen-bond acceptors (Lipinski definition) is 5. The first-order valence-electron chi connectivity index (χ1n) is 7.76. The molecule has 3 heterocycles. The second kappa shape index (κ2) is 6.68. The number of hydrogen-bond donors (Lipinski definition) is 1. The van der Waals surface area contributed by atoms with Crippen molar-refractivity contribution in [2.45, 2.75) is 25.9 Å². The molecule has 6 heteroatoms. The van der Waals surface area contributed by atoms with Crippen LogP contribution in [0.5, 0.6) is 0 Å². The molecule has 0 unspecified atom stereocenters. The van der Waals surface area contributed by atoms with Gasteiger partial charge in [-0.05, 0) is 24.1 Å². The zero-order valence-electron chi connectivity index (χ0n) is 13.4. The number of ether oxygens (including phenoxy) is 1. The summed E-state index contributed by atoms with van der Waals surface area (Å²) in [6.07, 6.45) is -0.223. The van der Waals surface area contributed by atoms with Gasteiger partial charge in [0.05, 0.1) is 24.4 Å². The number of morpholine rings is 1. The Balaban J connectivity index is 1.73. The lowest BCUT2D eigenvalue weighted by Gasteiger charge is -2.32. The maximum Gasteiger partial charge on any atom is 0.254 e. The first kappa shape index (κ1) is 16.0. The van der Waals surface area contributed by atoms with Crippen molar-refractivity contribution in [3.8, 4) is 0 Å². The Morgan fingerprint density at radius 2 is 2.30 bits per heavy atom. The number of amides is 1. The first-order valence-corrected chi connectivity index (χ1v) is 8.64.